The lowest BCUT2D eigenvalue weighted by Crippen LogP contribution is -2.12. The van der Waals surface area contributed by atoms with Gasteiger partial charge in [-0.15, -0.1) is 0 Å². The number of ether oxygens (including phenoxy) is 4. The number of benzene rings is 1. The quantitative estimate of drug-likeness (QED) is 0.835. The van der Waals surface area contributed by atoms with Crippen molar-refractivity contribution in [1.82, 2.24) is 0 Å². The SMILES string of the molecule is COc1cc(OC)c(OC(C)C)c2c1COC(C)=C2. The molecule has 0 saturated heterocycles. The summed E-state index contributed by atoms with van der Waals surface area (Å²) in [6.45, 7) is 6.39. The molecular formula is C15H20O4. The summed E-state index contributed by atoms with van der Waals surface area (Å²) >= 11 is 0. The molecule has 1 aromatic rings. The number of rotatable bonds is 4. The summed E-state index contributed by atoms with van der Waals surface area (Å²) in [4.78, 5) is 0. The third-order valence-corrected chi connectivity index (χ3v) is 2.94. The standard InChI is InChI=1S/C15H20O4/c1-9(2)19-15-11-6-10(3)18-8-12(11)13(16-4)7-14(15)17-5/h6-7,9H,8H2,1-5H3. The molecule has 19 heavy (non-hydrogen) atoms. The Hall–Kier alpha value is -1.84. The van der Waals surface area contributed by atoms with Gasteiger partial charge in [0.15, 0.2) is 11.5 Å². The van der Waals surface area contributed by atoms with Gasteiger partial charge in [0.05, 0.1) is 26.1 Å². The van der Waals surface area contributed by atoms with E-state index < -0.39 is 0 Å². The van der Waals surface area contributed by atoms with Crippen LogP contribution in [0.4, 0.5) is 0 Å². The molecule has 0 aliphatic carbocycles. The van der Waals surface area contributed by atoms with Gasteiger partial charge in [0.2, 0.25) is 0 Å². The Morgan fingerprint density at radius 1 is 1.16 bits per heavy atom. The molecule has 0 spiro atoms. The fraction of sp³-hybridized carbons (Fsp3) is 0.467. The number of hydrogen-bond donors (Lipinski definition) is 0. The molecule has 1 heterocycles. The summed E-state index contributed by atoms with van der Waals surface area (Å²) < 4.78 is 22.3. The van der Waals surface area contributed by atoms with E-state index in [0.29, 0.717) is 12.4 Å². The largest absolute Gasteiger partial charge is 0.496 e. The molecule has 104 valence electrons. The van der Waals surface area contributed by atoms with Crippen molar-refractivity contribution in [3.63, 3.8) is 0 Å². The second-order valence-corrected chi connectivity index (χ2v) is 4.71. The van der Waals surface area contributed by atoms with Gasteiger partial charge in [-0.2, -0.15) is 0 Å². The van der Waals surface area contributed by atoms with Crippen molar-refractivity contribution >= 4 is 6.08 Å². The first-order valence-electron chi connectivity index (χ1n) is 6.32. The molecule has 1 aromatic carbocycles. The second kappa shape index (κ2) is 5.43. The Kier molecular flexibility index (Phi) is 3.88. The third kappa shape index (κ3) is 2.62. The van der Waals surface area contributed by atoms with Crippen molar-refractivity contribution in [2.75, 3.05) is 14.2 Å². The molecule has 0 N–H and O–H groups in total. The average Bonchev–Trinajstić information content (AvgIpc) is 2.38. The first kappa shape index (κ1) is 13.6. The molecule has 0 bridgehead atoms. The Morgan fingerprint density at radius 2 is 1.84 bits per heavy atom. The molecular weight excluding hydrogens is 244 g/mol. The van der Waals surface area contributed by atoms with Crippen LogP contribution >= 0.6 is 0 Å². The fourth-order valence-electron chi connectivity index (χ4n) is 2.10. The van der Waals surface area contributed by atoms with Crippen molar-refractivity contribution in [3.05, 3.63) is 23.0 Å². The zero-order chi connectivity index (χ0) is 14.0. The molecule has 0 saturated carbocycles. The molecule has 0 amide bonds. The maximum atomic E-state index is 5.90. The summed E-state index contributed by atoms with van der Waals surface area (Å²) in [7, 11) is 3.27. The average molecular weight is 264 g/mol. The van der Waals surface area contributed by atoms with Gasteiger partial charge in [0.1, 0.15) is 12.4 Å². The van der Waals surface area contributed by atoms with Crippen LogP contribution in [0.3, 0.4) is 0 Å². The van der Waals surface area contributed by atoms with Crippen LogP contribution in [0.15, 0.2) is 11.8 Å². The molecule has 4 heteroatoms. The van der Waals surface area contributed by atoms with Crippen molar-refractivity contribution in [1.29, 1.82) is 0 Å². The summed E-state index contributed by atoms with van der Waals surface area (Å²) in [6, 6.07) is 1.84. The van der Waals surface area contributed by atoms with E-state index in [-0.39, 0.29) is 6.10 Å². The van der Waals surface area contributed by atoms with Gasteiger partial charge in [-0.3, -0.25) is 0 Å². The minimum atomic E-state index is 0.0722. The first-order chi connectivity index (χ1) is 9.06. The van der Waals surface area contributed by atoms with Crippen LogP contribution in [0.25, 0.3) is 6.08 Å². The van der Waals surface area contributed by atoms with E-state index in [2.05, 4.69) is 0 Å². The van der Waals surface area contributed by atoms with Gasteiger partial charge in [-0.1, -0.05) is 0 Å². The highest BCUT2D eigenvalue weighted by Crippen LogP contribution is 2.43. The molecule has 1 aliphatic heterocycles. The van der Waals surface area contributed by atoms with E-state index in [0.717, 1.165) is 28.4 Å². The molecule has 4 nitrogen and oxygen atoms in total. The topological polar surface area (TPSA) is 36.9 Å². The van der Waals surface area contributed by atoms with Crippen LogP contribution in [0.2, 0.25) is 0 Å². The lowest BCUT2D eigenvalue weighted by molar-refractivity contribution is 0.190. The smallest absolute Gasteiger partial charge is 0.169 e. The predicted molar refractivity (Wildman–Crippen MR) is 73.8 cm³/mol. The molecule has 2 rings (SSSR count). The fourth-order valence-corrected chi connectivity index (χ4v) is 2.10. The zero-order valence-electron chi connectivity index (χ0n) is 12.1. The zero-order valence-corrected chi connectivity index (χ0v) is 12.1. The molecule has 0 unspecified atom stereocenters. The number of allylic oxidation sites excluding steroid dienone is 1. The Bertz CT molecular complexity index is 503. The van der Waals surface area contributed by atoms with E-state index in [9.17, 15) is 0 Å². The van der Waals surface area contributed by atoms with Crippen LogP contribution in [0.1, 0.15) is 31.9 Å². The molecule has 0 radical (unpaired) electrons. The number of methoxy groups -OCH3 is 2. The van der Waals surface area contributed by atoms with Crippen molar-refractivity contribution in [2.45, 2.75) is 33.5 Å². The maximum Gasteiger partial charge on any atom is 0.169 e. The Morgan fingerprint density at radius 3 is 2.42 bits per heavy atom. The number of hydrogen-bond acceptors (Lipinski definition) is 4. The molecule has 1 aliphatic rings. The number of fused-ring (bicyclic) bond motifs is 1. The van der Waals surface area contributed by atoms with E-state index in [1.165, 1.54) is 0 Å². The third-order valence-electron chi connectivity index (χ3n) is 2.94. The highest BCUT2D eigenvalue weighted by Gasteiger charge is 2.23. The van der Waals surface area contributed by atoms with Gasteiger partial charge >= 0.3 is 0 Å². The van der Waals surface area contributed by atoms with Gasteiger partial charge in [0, 0.05) is 17.2 Å². The van der Waals surface area contributed by atoms with Gasteiger partial charge in [0.25, 0.3) is 0 Å². The lowest BCUT2D eigenvalue weighted by Gasteiger charge is -2.24. The van der Waals surface area contributed by atoms with Crippen LogP contribution in [0, 0.1) is 0 Å². The van der Waals surface area contributed by atoms with Crippen molar-refractivity contribution in [3.8, 4) is 17.2 Å². The summed E-state index contributed by atoms with van der Waals surface area (Å²) in [6.07, 6.45) is 2.03. The van der Waals surface area contributed by atoms with Gasteiger partial charge in [-0.05, 0) is 26.8 Å². The van der Waals surface area contributed by atoms with Crippen molar-refractivity contribution in [2.24, 2.45) is 0 Å². The van der Waals surface area contributed by atoms with E-state index in [1.807, 2.05) is 32.9 Å². The first-order valence-corrected chi connectivity index (χ1v) is 6.32. The van der Waals surface area contributed by atoms with Gasteiger partial charge < -0.3 is 18.9 Å². The summed E-state index contributed by atoms with van der Waals surface area (Å²) in [5.74, 6) is 3.04. The predicted octanol–water partition coefficient (Wildman–Crippen LogP) is 3.38. The minimum absolute atomic E-state index is 0.0722. The Balaban J connectivity index is 2.64. The normalized spacial score (nSPS) is 13.5. The molecule has 0 fully saturated rings. The lowest BCUT2D eigenvalue weighted by atomic mass is 10.0. The summed E-state index contributed by atoms with van der Waals surface area (Å²) in [5, 5.41) is 0. The monoisotopic (exact) mass is 264 g/mol. The minimum Gasteiger partial charge on any atom is -0.496 e. The molecule has 0 atom stereocenters. The van der Waals surface area contributed by atoms with Crippen LogP contribution in [-0.2, 0) is 11.3 Å². The summed E-state index contributed by atoms with van der Waals surface area (Å²) in [5.41, 5.74) is 1.97. The maximum absolute atomic E-state index is 5.90. The van der Waals surface area contributed by atoms with E-state index in [4.69, 9.17) is 18.9 Å². The second-order valence-electron chi connectivity index (χ2n) is 4.71. The van der Waals surface area contributed by atoms with Gasteiger partial charge in [-0.25, -0.2) is 0 Å². The van der Waals surface area contributed by atoms with Crippen LogP contribution < -0.4 is 14.2 Å². The van der Waals surface area contributed by atoms with E-state index in [1.54, 1.807) is 14.2 Å². The van der Waals surface area contributed by atoms with Crippen LogP contribution in [-0.4, -0.2) is 20.3 Å². The Labute approximate surface area is 113 Å². The van der Waals surface area contributed by atoms with Crippen LogP contribution in [0.5, 0.6) is 17.2 Å². The molecule has 0 aromatic heterocycles. The van der Waals surface area contributed by atoms with Crippen molar-refractivity contribution < 1.29 is 18.9 Å². The van der Waals surface area contributed by atoms with E-state index >= 15 is 0 Å². The highest BCUT2D eigenvalue weighted by molar-refractivity contribution is 5.71. The highest BCUT2D eigenvalue weighted by atomic mass is 16.5.